The van der Waals surface area contributed by atoms with Crippen LogP contribution in [0.1, 0.15) is 38.8 Å². The van der Waals surface area contributed by atoms with Crippen molar-refractivity contribution in [3.8, 4) is 0 Å². The zero-order valence-electron chi connectivity index (χ0n) is 11.3. The number of carbonyl (C=O) groups is 1. The van der Waals surface area contributed by atoms with Gasteiger partial charge in [-0.1, -0.05) is 11.6 Å². The third-order valence-corrected chi connectivity index (χ3v) is 3.84. The molecule has 0 aliphatic carbocycles. The van der Waals surface area contributed by atoms with E-state index in [1.807, 2.05) is 4.90 Å². The largest absolute Gasteiger partial charge is 0.332 e. The number of likely N-dealkylation sites (tertiary alicyclic amines) is 1. The van der Waals surface area contributed by atoms with Gasteiger partial charge in [0.15, 0.2) is 5.15 Å². The first kappa shape index (κ1) is 14.1. The van der Waals surface area contributed by atoms with E-state index < -0.39 is 0 Å². The van der Waals surface area contributed by atoms with E-state index in [9.17, 15) is 4.79 Å². The molecule has 1 N–H and O–H groups in total. The van der Waals surface area contributed by atoms with Crippen molar-refractivity contribution in [3.63, 3.8) is 0 Å². The normalized spacial score (nSPS) is 18.2. The van der Waals surface area contributed by atoms with Gasteiger partial charge in [0, 0.05) is 24.5 Å². The third-order valence-electron chi connectivity index (χ3n) is 3.53. The van der Waals surface area contributed by atoms with Gasteiger partial charge in [0.2, 0.25) is 0 Å². The lowest BCUT2D eigenvalue weighted by Gasteiger charge is -2.42. The number of aromatic nitrogens is 2. The Morgan fingerprint density at radius 2 is 2.16 bits per heavy atom. The minimum absolute atomic E-state index is 0.0635. The number of nitrogens with zero attached hydrogens (tertiary/aromatic N) is 3. The Labute approximate surface area is 118 Å². The molecule has 0 radical (unpaired) electrons. The SMILES string of the molecule is CC1(C)CCCCN1C(=O)NCc1nccnc1Cl. The fraction of sp³-hybridized carbons (Fsp3) is 0.615. The van der Waals surface area contributed by atoms with Gasteiger partial charge in [-0.05, 0) is 33.1 Å². The molecule has 2 rings (SSSR count). The van der Waals surface area contributed by atoms with Crippen molar-refractivity contribution in [3.05, 3.63) is 23.2 Å². The molecule has 2 heterocycles. The maximum atomic E-state index is 12.2. The fourth-order valence-corrected chi connectivity index (χ4v) is 2.54. The average molecular weight is 283 g/mol. The van der Waals surface area contributed by atoms with Crippen LogP contribution in [0.25, 0.3) is 0 Å². The summed E-state index contributed by atoms with van der Waals surface area (Å²) in [5, 5.41) is 3.20. The maximum Gasteiger partial charge on any atom is 0.318 e. The summed E-state index contributed by atoms with van der Waals surface area (Å²) in [6.07, 6.45) is 6.36. The Morgan fingerprint density at radius 3 is 2.84 bits per heavy atom. The number of rotatable bonds is 2. The Hall–Kier alpha value is -1.36. The summed E-state index contributed by atoms with van der Waals surface area (Å²) in [6, 6.07) is -0.0635. The van der Waals surface area contributed by atoms with Gasteiger partial charge in [-0.2, -0.15) is 0 Å². The molecule has 19 heavy (non-hydrogen) atoms. The van der Waals surface area contributed by atoms with Crippen molar-refractivity contribution in [2.75, 3.05) is 6.54 Å². The number of urea groups is 1. The lowest BCUT2D eigenvalue weighted by molar-refractivity contribution is 0.102. The highest BCUT2D eigenvalue weighted by molar-refractivity contribution is 6.29. The highest BCUT2D eigenvalue weighted by Crippen LogP contribution is 2.27. The van der Waals surface area contributed by atoms with Crippen molar-refractivity contribution in [1.29, 1.82) is 0 Å². The highest BCUT2D eigenvalue weighted by atomic mass is 35.5. The number of hydrogen-bond donors (Lipinski definition) is 1. The van der Waals surface area contributed by atoms with E-state index in [1.54, 1.807) is 6.20 Å². The zero-order chi connectivity index (χ0) is 13.9. The molecule has 0 aromatic carbocycles. The number of carbonyl (C=O) groups excluding carboxylic acids is 1. The van der Waals surface area contributed by atoms with Crippen LogP contribution in [0.3, 0.4) is 0 Å². The monoisotopic (exact) mass is 282 g/mol. The smallest absolute Gasteiger partial charge is 0.318 e. The molecule has 0 atom stereocenters. The second-order valence-corrected chi connectivity index (χ2v) is 5.73. The minimum Gasteiger partial charge on any atom is -0.332 e. The molecule has 5 nitrogen and oxygen atoms in total. The van der Waals surface area contributed by atoms with Crippen LogP contribution in [0.5, 0.6) is 0 Å². The first-order valence-electron chi connectivity index (χ1n) is 6.51. The van der Waals surface area contributed by atoms with Gasteiger partial charge in [0.05, 0.1) is 12.2 Å². The number of hydrogen-bond acceptors (Lipinski definition) is 3. The molecule has 1 fully saturated rings. The van der Waals surface area contributed by atoms with Crippen LogP contribution in [-0.2, 0) is 6.54 Å². The molecular formula is C13H19ClN4O. The Bertz CT molecular complexity index is 464. The summed E-state index contributed by atoms with van der Waals surface area (Å²) < 4.78 is 0. The Morgan fingerprint density at radius 1 is 1.42 bits per heavy atom. The average Bonchev–Trinajstić information content (AvgIpc) is 2.37. The van der Waals surface area contributed by atoms with Gasteiger partial charge in [0.25, 0.3) is 0 Å². The summed E-state index contributed by atoms with van der Waals surface area (Å²) in [4.78, 5) is 22.2. The molecule has 6 heteroatoms. The number of nitrogens with one attached hydrogen (secondary N) is 1. The molecule has 1 aromatic heterocycles. The van der Waals surface area contributed by atoms with E-state index in [2.05, 4.69) is 29.1 Å². The lowest BCUT2D eigenvalue weighted by Crippen LogP contribution is -2.54. The van der Waals surface area contributed by atoms with E-state index in [-0.39, 0.29) is 11.6 Å². The summed E-state index contributed by atoms with van der Waals surface area (Å²) in [7, 11) is 0. The summed E-state index contributed by atoms with van der Waals surface area (Å²) in [5.41, 5.74) is 0.501. The van der Waals surface area contributed by atoms with Crippen LogP contribution in [0.15, 0.2) is 12.4 Å². The highest BCUT2D eigenvalue weighted by Gasteiger charge is 2.33. The van der Waals surface area contributed by atoms with Crippen molar-refractivity contribution in [1.82, 2.24) is 20.2 Å². The van der Waals surface area contributed by atoms with Crippen LogP contribution >= 0.6 is 11.6 Å². The van der Waals surface area contributed by atoms with Gasteiger partial charge >= 0.3 is 6.03 Å². The molecule has 0 bridgehead atoms. The molecule has 0 spiro atoms. The Balaban J connectivity index is 1.96. The van der Waals surface area contributed by atoms with Crippen molar-refractivity contribution >= 4 is 17.6 Å². The summed E-state index contributed by atoms with van der Waals surface area (Å²) in [5.74, 6) is 0. The molecule has 0 saturated carbocycles. The number of amides is 2. The van der Waals surface area contributed by atoms with Gasteiger partial charge < -0.3 is 10.2 Å². The summed E-state index contributed by atoms with van der Waals surface area (Å²) in [6.45, 7) is 5.30. The first-order chi connectivity index (χ1) is 9.00. The van der Waals surface area contributed by atoms with Crippen molar-refractivity contribution in [2.45, 2.75) is 45.2 Å². The van der Waals surface area contributed by atoms with Gasteiger partial charge in [0.1, 0.15) is 0 Å². The molecule has 2 amide bonds. The Kier molecular flexibility index (Phi) is 4.24. The topological polar surface area (TPSA) is 58.1 Å². The van der Waals surface area contributed by atoms with Crippen LogP contribution in [0.4, 0.5) is 4.79 Å². The van der Waals surface area contributed by atoms with Gasteiger partial charge in [-0.3, -0.25) is 4.98 Å². The third kappa shape index (κ3) is 3.35. The van der Waals surface area contributed by atoms with Crippen molar-refractivity contribution in [2.24, 2.45) is 0 Å². The summed E-state index contributed by atoms with van der Waals surface area (Å²) >= 11 is 5.91. The van der Waals surface area contributed by atoms with E-state index in [0.29, 0.717) is 17.4 Å². The predicted octanol–water partition coefficient (Wildman–Crippen LogP) is 2.60. The predicted molar refractivity (Wildman–Crippen MR) is 73.9 cm³/mol. The van der Waals surface area contributed by atoms with E-state index in [0.717, 1.165) is 19.4 Å². The fourth-order valence-electron chi connectivity index (χ4n) is 2.36. The zero-order valence-corrected chi connectivity index (χ0v) is 12.1. The van der Waals surface area contributed by atoms with Crippen LogP contribution in [0.2, 0.25) is 5.15 Å². The second-order valence-electron chi connectivity index (χ2n) is 5.37. The molecule has 104 valence electrons. The molecule has 0 unspecified atom stereocenters. The molecule has 1 aromatic rings. The van der Waals surface area contributed by atoms with E-state index in [1.165, 1.54) is 12.6 Å². The van der Waals surface area contributed by atoms with Gasteiger partial charge in [-0.15, -0.1) is 0 Å². The lowest BCUT2D eigenvalue weighted by atomic mass is 9.91. The van der Waals surface area contributed by atoms with Crippen LogP contribution in [0, 0.1) is 0 Å². The quantitative estimate of drug-likeness (QED) is 0.907. The second kappa shape index (κ2) is 5.74. The standard InChI is InChI=1S/C13H19ClN4O/c1-13(2)5-3-4-8-18(13)12(19)17-9-10-11(14)16-7-6-15-10/h6-7H,3-5,8-9H2,1-2H3,(H,17,19). The minimum atomic E-state index is -0.0888. The number of halogens is 1. The molecule has 1 aliphatic rings. The maximum absolute atomic E-state index is 12.2. The van der Waals surface area contributed by atoms with Gasteiger partial charge in [-0.25, -0.2) is 9.78 Å². The van der Waals surface area contributed by atoms with Crippen molar-refractivity contribution < 1.29 is 4.79 Å². The number of piperidine rings is 1. The molecular weight excluding hydrogens is 264 g/mol. The van der Waals surface area contributed by atoms with Crippen LogP contribution < -0.4 is 5.32 Å². The molecule has 1 aliphatic heterocycles. The van der Waals surface area contributed by atoms with E-state index in [4.69, 9.17) is 11.6 Å². The molecule has 1 saturated heterocycles. The van der Waals surface area contributed by atoms with Crippen LogP contribution in [-0.4, -0.2) is 33.0 Å². The van der Waals surface area contributed by atoms with E-state index >= 15 is 0 Å². The first-order valence-corrected chi connectivity index (χ1v) is 6.89.